The predicted molar refractivity (Wildman–Crippen MR) is 258 cm³/mol. The van der Waals surface area contributed by atoms with Crippen molar-refractivity contribution in [3.63, 3.8) is 0 Å². The van der Waals surface area contributed by atoms with Gasteiger partial charge in [0.25, 0.3) is 0 Å². The molecule has 23 heteroatoms. The second kappa shape index (κ2) is 23.4. The van der Waals surface area contributed by atoms with Gasteiger partial charge in [-0.3, -0.25) is 19.3 Å². The van der Waals surface area contributed by atoms with Gasteiger partial charge in [0, 0.05) is 68.2 Å². The topological polar surface area (TPSA) is 251 Å². The van der Waals surface area contributed by atoms with Crippen molar-refractivity contribution in [1.29, 1.82) is 10.5 Å². The molecule has 2 atom stereocenters. The molecule has 0 aliphatic carbocycles. The van der Waals surface area contributed by atoms with Crippen molar-refractivity contribution in [2.45, 2.75) is 38.9 Å². The molecule has 18 nitrogen and oxygen atoms in total. The zero-order valence-electron chi connectivity index (χ0n) is 37.7. The summed E-state index contributed by atoms with van der Waals surface area (Å²) in [4.78, 5) is 35.9. The van der Waals surface area contributed by atoms with Gasteiger partial charge in [0.05, 0.1) is 37.8 Å². The van der Waals surface area contributed by atoms with Crippen LogP contribution in [-0.4, -0.2) is 54.5 Å². The minimum absolute atomic E-state index is 0.0501. The van der Waals surface area contributed by atoms with E-state index in [1.54, 1.807) is 70.7 Å². The van der Waals surface area contributed by atoms with Crippen molar-refractivity contribution in [2.24, 2.45) is 14.1 Å². The minimum Gasteiger partial charge on any atom is -0.478 e. The fourth-order valence-electron chi connectivity index (χ4n) is 7.09. The van der Waals surface area contributed by atoms with E-state index in [2.05, 4.69) is 74.1 Å². The van der Waals surface area contributed by atoms with Crippen LogP contribution in [0.2, 0.25) is 0 Å². The molecule has 0 spiro atoms. The number of benzene rings is 2. The summed E-state index contributed by atoms with van der Waals surface area (Å²) < 4.78 is 50.3. The number of nitro groups is 2. The first-order chi connectivity index (χ1) is 33.9. The Kier molecular flexibility index (Phi) is 17.2. The summed E-state index contributed by atoms with van der Waals surface area (Å²) in [5.74, 6) is -3.08. The number of pyridine rings is 4. The van der Waals surface area contributed by atoms with Crippen LogP contribution in [0.25, 0.3) is 22.5 Å². The number of aliphatic hydroxyl groups excluding tert-OH is 1. The summed E-state index contributed by atoms with van der Waals surface area (Å²) >= 11 is 6.16. The maximum Gasteiger partial charge on any atom is 0.406 e. The number of aryl methyl sites for hydroxylation is 2. The lowest BCUT2D eigenvalue weighted by atomic mass is 9.95. The molecular weight excluding hydrogens is 1060 g/mol. The third-order valence-corrected chi connectivity index (χ3v) is 11.1. The van der Waals surface area contributed by atoms with Crippen LogP contribution in [0.1, 0.15) is 71.1 Å². The largest absolute Gasteiger partial charge is 0.478 e. The highest BCUT2D eigenvalue weighted by Crippen LogP contribution is 2.37. The molecule has 8 rings (SSSR count). The smallest absolute Gasteiger partial charge is 0.406 e. The monoisotopic (exact) mass is 1090 g/mol. The van der Waals surface area contributed by atoms with E-state index >= 15 is 0 Å². The summed E-state index contributed by atoms with van der Waals surface area (Å²) in [6, 6.07) is 26.0. The van der Waals surface area contributed by atoms with Crippen LogP contribution < -0.4 is 4.74 Å². The van der Waals surface area contributed by atoms with Gasteiger partial charge in [0.1, 0.15) is 41.3 Å². The van der Waals surface area contributed by atoms with E-state index < -0.39 is 51.1 Å². The molecule has 0 amide bonds. The highest BCUT2D eigenvalue weighted by Gasteiger charge is 2.24. The number of hydrogen-bond acceptors (Lipinski definition) is 14. The lowest BCUT2D eigenvalue weighted by Crippen LogP contribution is -2.09. The van der Waals surface area contributed by atoms with Gasteiger partial charge in [-0.05, 0) is 143 Å². The Morgan fingerprint density at radius 1 is 0.690 bits per heavy atom. The van der Waals surface area contributed by atoms with Crippen molar-refractivity contribution >= 4 is 43.5 Å². The van der Waals surface area contributed by atoms with Crippen LogP contribution in [0.3, 0.4) is 0 Å². The van der Waals surface area contributed by atoms with Crippen LogP contribution in [0.4, 0.5) is 24.8 Å². The van der Waals surface area contributed by atoms with Crippen molar-refractivity contribution in [2.75, 3.05) is 0 Å². The number of nitrogens with zero attached hydrogens (tertiary/aromatic N) is 12. The van der Waals surface area contributed by atoms with Gasteiger partial charge in [-0.15, -0.1) is 0 Å². The Bertz CT molecular complexity index is 3360. The number of ether oxygens (including phenoxy) is 1. The SMILES string of the molecule is C[C@@H](O)c1cc(F)ccc1-c1ncccc1Cc1cc(C#N)n(C)n1.C[C@@H](Oc1cc(Br)cnc1[N+](=O)[O-])c1cc(F)ccc1-c1ncccc1Cc1cc(C#N)n(C)n1.O=[N+]([O-])c1ncc(Br)cc1F. The molecule has 0 fully saturated rings. The third kappa shape index (κ3) is 13.1. The van der Waals surface area contributed by atoms with E-state index in [1.165, 1.54) is 52.1 Å². The standard InChI is InChI=1S/C24H18BrFN6O3.C19H17FN4O.C5H2BrFN2O2/c1-14(35-22-9-16(25)13-29-24(22)32(33)34)21-10-17(26)5-6-20(21)23-15(4-3-7-28-23)8-18-11-19(12-27)31(2)30-18;1-12(25)18-9-14(20)5-6-17(18)19-13(4-3-7-22-19)8-15-10-16(11-21)24(2)23-15;6-3-1-4(7)5(8-2-3)9(10)11/h3-7,9-11,13-14H,8H2,1-2H3;3-7,9-10,12,25H,8H2,1-2H3;1-2H/t14-;12-;/m11./s1. The zero-order chi connectivity index (χ0) is 51.5. The van der Waals surface area contributed by atoms with Crippen molar-refractivity contribution in [3.8, 4) is 40.4 Å². The highest BCUT2D eigenvalue weighted by molar-refractivity contribution is 9.10. The predicted octanol–water partition coefficient (Wildman–Crippen LogP) is 10.3. The van der Waals surface area contributed by atoms with Gasteiger partial charge < -0.3 is 30.1 Å². The quantitative estimate of drug-likeness (QED) is 0.0883. The van der Waals surface area contributed by atoms with Gasteiger partial charge in [-0.25, -0.2) is 8.78 Å². The van der Waals surface area contributed by atoms with Gasteiger partial charge >= 0.3 is 11.6 Å². The van der Waals surface area contributed by atoms with E-state index in [9.17, 15) is 43.8 Å². The third-order valence-electron chi connectivity index (χ3n) is 10.3. The molecule has 0 radical (unpaired) electrons. The first-order valence-electron chi connectivity index (χ1n) is 20.8. The number of hydrogen-bond donors (Lipinski definition) is 1. The van der Waals surface area contributed by atoms with Crippen molar-refractivity contribution < 1.29 is 32.9 Å². The second-order valence-corrected chi connectivity index (χ2v) is 17.1. The summed E-state index contributed by atoms with van der Waals surface area (Å²) in [5, 5.41) is 58.4. The first kappa shape index (κ1) is 52.1. The summed E-state index contributed by atoms with van der Waals surface area (Å²) in [7, 11) is 3.41. The Morgan fingerprint density at radius 3 is 1.61 bits per heavy atom. The molecule has 0 unspecified atom stereocenters. The van der Waals surface area contributed by atoms with Crippen LogP contribution in [0.15, 0.2) is 119 Å². The second-order valence-electron chi connectivity index (χ2n) is 15.2. The average Bonchev–Trinajstić information content (AvgIpc) is 3.88. The number of rotatable bonds is 12. The van der Waals surface area contributed by atoms with E-state index in [0.717, 1.165) is 22.9 Å². The Morgan fingerprint density at radius 2 is 1.15 bits per heavy atom. The minimum atomic E-state index is -0.940. The molecule has 1 N–H and O–H groups in total. The molecule has 360 valence electrons. The maximum atomic E-state index is 14.3. The van der Waals surface area contributed by atoms with Crippen LogP contribution >= 0.6 is 31.9 Å². The molecule has 6 aromatic heterocycles. The summed E-state index contributed by atoms with van der Waals surface area (Å²) in [6.45, 7) is 3.27. The van der Waals surface area contributed by atoms with Gasteiger partial charge in [-0.2, -0.15) is 25.1 Å². The van der Waals surface area contributed by atoms with E-state index in [1.807, 2.05) is 18.2 Å². The maximum absolute atomic E-state index is 14.3. The van der Waals surface area contributed by atoms with Crippen molar-refractivity contribution in [3.05, 3.63) is 201 Å². The molecule has 0 aliphatic rings. The van der Waals surface area contributed by atoms with Crippen LogP contribution in [-0.2, 0) is 26.9 Å². The number of aliphatic hydroxyl groups is 1. The Balaban J connectivity index is 0.000000198. The number of halogens is 5. The van der Waals surface area contributed by atoms with Crippen molar-refractivity contribution in [1.82, 2.24) is 39.5 Å². The first-order valence-corrected chi connectivity index (χ1v) is 22.4. The van der Waals surface area contributed by atoms with Gasteiger partial charge in [-0.1, -0.05) is 12.1 Å². The van der Waals surface area contributed by atoms with E-state index in [4.69, 9.17) is 10.00 Å². The summed E-state index contributed by atoms with van der Waals surface area (Å²) in [6.07, 6.45) is 5.04. The highest BCUT2D eigenvalue weighted by atomic mass is 79.9. The Hall–Kier alpha value is -8.25. The molecule has 0 bridgehead atoms. The van der Waals surface area contributed by atoms with Gasteiger partial charge in [0.2, 0.25) is 11.6 Å². The van der Waals surface area contributed by atoms with E-state index in [-0.39, 0.29) is 5.75 Å². The zero-order valence-corrected chi connectivity index (χ0v) is 40.9. The number of aromatic nitrogens is 8. The molecule has 0 aliphatic heterocycles. The molecule has 0 saturated heterocycles. The molecular formula is C48H37Br2F3N12O6. The molecule has 8 aromatic rings. The Labute approximate surface area is 419 Å². The molecule has 2 aromatic carbocycles. The van der Waals surface area contributed by atoms with Crippen LogP contribution in [0, 0.1) is 60.3 Å². The number of nitriles is 2. The molecule has 6 heterocycles. The van der Waals surface area contributed by atoms with Gasteiger partial charge in [0.15, 0.2) is 12.4 Å². The fraction of sp³-hybridized carbons (Fsp3) is 0.167. The van der Waals surface area contributed by atoms with Crippen LogP contribution in [0.5, 0.6) is 5.75 Å². The normalized spacial score (nSPS) is 11.4. The fourth-order valence-corrected chi connectivity index (χ4v) is 7.70. The van der Waals surface area contributed by atoms with E-state index in [0.29, 0.717) is 72.5 Å². The lowest BCUT2D eigenvalue weighted by molar-refractivity contribution is -0.392. The lowest BCUT2D eigenvalue weighted by Gasteiger charge is -2.19. The average molecular weight is 1090 g/mol. The molecule has 71 heavy (non-hydrogen) atoms. The molecule has 0 saturated carbocycles. The summed E-state index contributed by atoms with van der Waals surface area (Å²) in [5.41, 5.74) is 7.52.